The number of nitrogens with zero attached hydrogens (tertiary/aromatic N) is 3. The maximum absolute atomic E-state index is 14.1. The summed E-state index contributed by atoms with van der Waals surface area (Å²) < 4.78 is 24.7. The lowest BCUT2D eigenvalue weighted by molar-refractivity contribution is -0.139. The Kier molecular flexibility index (Phi) is 8.86. The van der Waals surface area contributed by atoms with E-state index in [-0.39, 0.29) is 30.2 Å². The lowest BCUT2D eigenvalue weighted by Gasteiger charge is -2.43. The molecule has 2 aromatic carbocycles. The number of likely N-dealkylation sites (N-methyl/N-ethyl adjacent to an activating group) is 1. The van der Waals surface area contributed by atoms with Crippen LogP contribution < -0.4 is 10.1 Å². The first-order valence-corrected chi connectivity index (χ1v) is 13.2. The Balaban J connectivity index is 1.61. The van der Waals surface area contributed by atoms with E-state index in [2.05, 4.69) is 10.2 Å². The van der Waals surface area contributed by atoms with Gasteiger partial charge in [0.15, 0.2) is 0 Å². The molecule has 9 nitrogen and oxygen atoms in total. The molecular weight excluding hydrogens is 503 g/mol. The van der Waals surface area contributed by atoms with Gasteiger partial charge in [-0.25, -0.2) is 14.0 Å². The van der Waals surface area contributed by atoms with Crippen LogP contribution in [0.15, 0.2) is 59.8 Å². The third-order valence-corrected chi connectivity index (χ3v) is 7.11. The quantitative estimate of drug-likeness (QED) is 0.517. The number of carbonyl (C=O) groups is 3. The van der Waals surface area contributed by atoms with Crippen LogP contribution in [0, 0.1) is 5.82 Å². The van der Waals surface area contributed by atoms with Crippen LogP contribution in [0.5, 0.6) is 5.75 Å². The van der Waals surface area contributed by atoms with E-state index < -0.39 is 17.8 Å². The van der Waals surface area contributed by atoms with Crippen molar-refractivity contribution < 1.29 is 28.2 Å². The highest BCUT2D eigenvalue weighted by Crippen LogP contribution is 2.33. The number of urea groups is 1. The Morgan fingerprint density at radius 2 is 1.85 bits per heavy atom. The van der Waals surface area contributed by atoms with Gasteiger partial charge in [-0.15, -0.1) is 0 Å². The summed E-state index contributed by atoms with van der Waals surface area (Å²) in [4.78, 5) is 45.1. The minimum atomic E-state index is -0.847. The monoisotopic (exact) mass is 538 g/mol. The van der Waals surface area contributed by atoms with Gasteiger partial charge in [0.2, 0.25) is 0 Å². The van der Waals surface area contributed by atoms with E-state index in [9.17, 15) is 18.8 Å². The minimum Gasteiger partial charge on any atom is -0.497 e. The van der Waals surface area contributed by atoms with Crippen molar-refractivity contribution in [3.8, 4) is 5.75 Å². The second kappa shape index (κ2) is 12.3. The molecule has 0 bridgehead atoms. The van der Waals surface area contributed by atoms with E-state index in [1.54, 1.807) is 50.4 Å². The number of amides is 3. The summed E-state index contributed by atoms with van der Waals surface area (Å²) in [6.07, 6.45) is 0. The van der Waals surface area contributed by atoms with Crippen LogP contribution >= 0.6 is 0 Å². The second-order valence-corrected chi connectivity index (χ2v) is 9.57. The van der Waals surface area contributed by atoms with Crippen molar-refractivity contribution in [3.05, 3.63) is 76.7 Å². The Morgan fingerprint density at radius 1 is 1.10 bits per heavy atom. The molecule has 2 atom stereocenters. The van der Waals surface area contributed by atoms with Gasteiger partial charge in [-0.3, -0.25) is 14.6 Å². The van der Waals surface area contributed by atoms with Crippen LogP contribution in [0.3, 0.4) is 0 Å². The zero-order valence-electron chi connectivity index (χ0n) is 22.8. The smallest absolute Gasteiger partial charge is 0.338 e. The van der Waals surface area contributed by atoms with E-state index in [1.807, 2.05) is 18.7 Å². The van der Waals surface area contributed by atoms with Crippen LogP contribution in [0.25, 0.3) is 0 Å². The first-order valence-electron chi connectivity index (χ1n) is 13.2. The van der Waals surface area contributed by atoms with Crippen molar-refractivity contribution in [2.24, 2.45) is 0 Å². The molecular formula is C29H35FN4O5. The highest BCUT2D eigenvalue weighted by atomic mass is 19.1. The highest BCUT2D eigenvalue weighted by molar-refractivity contribution is 5.95. The number of ether oxygens (including phenoxy) is 2. The van der Waals surface area contributed by atoms with Crippen molar-refractivity contribution in [1.29, 1.82) is 0 Å². The molecule has 2 aliphatic heterocycles. The van der Waals surface area contributed by atoms with Gasteiger partial charge >= 0.3 is 12.0 Å². The van der Waals surface area contributed by atoms with Gasteiger partial charge in [0.05, 0.1) is 25.3 Å². The van der Waals surface area contributed by atoms with Crippen LogP contribution in [-0.2, 0) is 9.53 Å². The van der Waals surface area contributed by atoms with Crippen LogP contribution in [-0.4, -0.2) is 85.1 Å². The van der Waals surface area contributed by atoms with Gasteiger partial charge in [0, 0.05) is 50.0 Å². The van der Waals surface area contributed by atoms with Crippen molar-refractivity contribution in [2.75, 3.05) is 46.4 Å². The number of piperazine rings is 1. The topological polar surface area (TPSA) is 91.4 Å². The summed E-state index contributed by atoms with van der Waals surface area (Å²) in [7, 11) is 1.58. The molecule has 10 heteroatoms. The van der Waals surface area contributed by atoms with Crippen molar-refractivity contribution in [1.82, 2.24) is 20.0 Å². The molecule has 0 aliphatic carbocycles. The van der Waals surface area contributed by atoms with E-state index in [0.717, 1.165) is 0 Å². The predicted molar refractivity (Wildman–Crippen MR) is 144 cm³/mol. The molecule has 1 saturated heterocycles. The number of benzene rings is 2. The molecule has 4 rings (SSSR count). The summed E-state index contributed by atoms with van der Waals surface area (Å²) in [5.41, 5.74) is 1.86. The Morgan fingerprint density at radius 3 is 2.46 bits per heavy atom. The molecule has 0 saturated carbocycles. The minimum absolute atomic E-state index is 0.0605. The number of hydrogen-bond donors (Lipinski definition) is 1. The fourth-order valence-electron chi connectivity index (χ4n) is 5.18. The number of carbonyl (C=O) groups excluding carboxylic acids is 3. The van der Waals surface area contributed by atoms with Crippen LogP contribution in [0.4, 0.5) is 9.18 Å². The van der Waals surface area contributed by atoms with E-state index in [1.165, 1.54) is 17.0 Å². The number of hydrogen-bond acceptors (Lipinski definition) is 6. The largest absolute Gasteiger partial charge is 0.497 e. The highest BCUT2D eigenvalue weighted by Gasteiger charge is 2.39. The maximum atomic E-state index is 14.1. The van der Waals surface area contributed by atoms with Gasteiger partial charge in [-0.1, -0.05) is 12.1 Å². The average molecular weight is 539 g/mol. The number of esters is 1. The summed E-state index contributed by atoms with van der Waals surface area (Å²) in [5, 5.41) is 2.86. The van der Waals surface area contributed by atoms with Gasteiger partial charge < -0.3 is 19.7 Å². The number of halogens is 1. The van der Waals surface area contributed by atoms with E-state index >= 15 is 0 Å². The molecule has 0 radical (unpaired) electrons. The van der Waals surface area contributed by atoms with Crippen LogP contribution in [0.2, 0.25) is 0 Å². The molecule has 2 aromatic rings. The number of rotatable bonds is 8. The zero-order valence-corrected chi connectivity index (χ0v) is 22.8. The number of nitrogens with one attached hydrogen (secondary N) is 1. The molecule has 1 N–H and O–H groups in total. The lowest BCUT2D eigenvalue weighted by Crippen LogP contribution is -2.56. The van der Waals surface area contributed by atoms with Gasteiger partial charge in [0.25, 0.3) is 5.91 Å². The predicted octanol–water partition coefficient (Wildman–Crippen LogP) is 3.58. The summed E-state index contributed by atoms with van der Waals surface area (Å²) in [6.45, 7) is 7.92. The molecule has 0 spiro atoms. The molecule has 3 amide bonds. The van der Waals surface area contributed by atoms with Crippen molar-refractivity contribution in [3.63, 3.8) is 0 Å². The normalized spacial score (nSPS) is 20.1. The van der Waals surface area contributed by atoms with Crippen molar-refractivity contribution >= 4 is 17.9 Å². The van der Waals surface area contributed by atoms with Gasteiger partial charge in [-0.2, -0.15) is 0 Å². The molecule has 0 aromatic heterocycles. The molecule has 2 heterocycles. The van der Waals surface area contributed by atoms with E-state index in [4.69, 9.17) is 9.47 Å². The summed E-state index contributed by atoms with van der Waals surface area (Å²) in [5.74, 6) is -0.393. The van der Waals surface area contributed by atoms with Crippen LogP contribution in [0.1, 0.15) is 42.7 Å². The van der Waals surface area contributed by atoms with Gasteiger partial charge in [-0.05, 0) is 62.7 Å². The molecule has 1 fully saturated rings. The summed E-state index contributed by atoms with van der Waals surface area (Å²) >= 11 is 0. The molecule has 208 valence electrons. The fourth-order valence-corrected chi connectivity index (χ4v) is 5.18. The SMILES string of the molecule is CCOC(=O)C1=C(CN2CCN(C(=O)c3ccc(OC)cc3)C(C)C2)N(CC)C(=O)NC1c1cccc(F)c1. The standard InChI is InChI=1S/C29H35FN4O5/c1-5-33-24(25(28(36)39-6-2)26(31-29(33)37)21-8-7-9-22(30)16-21)18-32-14-15-34(19(3)17-32)27(35)20-10-12-23(38-4)13-11-20/h7-13,16,19,26H,5-6,14-15,17-18H2,1-4H3,(H,31,37). The maximum Gasteiger partial charge on any atom is 0.338 e. The second-order valence-electron chi connectivity index (χ2n) is 9.57. The van der Waals surface area contributed by atoms with E-state index in [0.29, 0.717) is 55.3 Å². The molecule has 39 heavy (non-hydrogen) atoms. The zero-order chi connectivity index (χ0) is 28.1. The summed E-state index contributed by atoms with van der Waals surface area (Å²) in [6, 6.07) is 11.6. The third-order valence-electron chi connectivity index (χ3n) is 7.11. The first-order chi connectivity index (χ1) is 18.8. The molecule has 2 unspecified atom stereocenters. The first kappa shape index (κ1) is 28.1. The third kappa shape index (κ3) is 6.06. The van der Waals surface area contributed by atoms with Gasteiger partial charge in [0.1, 0.15) is 11.6 Å². The fraction of sp³-hybridized carbons (Fsp3) is 0.414. The Bertz CT molecular complexity index is 1250. The molecule has 2 aliphatic rings. The Hall–Kier alpha value is -3.92. The van der Waals surface area contributed by atoms with Crippen molar-refractivity contribution in [2.45, 2.75) is 32.9 Å². The average Bonchev–Trinajstić information content (AvgIpc) is 2.93. The lowest BCUT2D eigenvalue weighted by atomic mass is 9.94. The Labute approximate surface area is 228 Å². The number of methoxy groups -OCH3 is 1.